The third-order valence-corrected chi connectivity index (χ3v) is 5.22. The molecule has 0 radical (unpaired) electrons. The molecule has 4 rings (SSSR count). The second-order valence-electron chi connectivity index (χ2n) is 7.14. The highest BCUT2D eigenvalue weighted by molar-refractivity contribution is 5.95. The van der Waals surface area contributed by atoms with E-state index in [4.69, 9.17) is 9.47 Å². The molecule has 2 fully saturated rings. The first kappa shape index (κ1) is 19.8. The van der Waals surface area contributed by atoms with Gasteiger partial charge in [0.05, 0.1) is 32.1 Å². The van der Waals surface area contributed by atoms with Gasteiger partial charge in [0.1, 0.15) is 5.82 Å². The smallest absolute Gasteiger partial charge is 0.251 e. The van der Waals surface area contributed by atoms with Gasteiger partial charge in [0.25, 0.3) is 5.91 Å². The molecule has 2 aromatic rings. The highest BCUT2D eigenvalue weighted by Crippen LogP contribution is 2.20. The Bertz CT molecular complexity index is 802. The van der Waals surface area contributed by atoms with Crippen LogP contribution >= 0.6 is 0 Å². The molecule has 1 amide bonds. The van der Waals surface area contributed by atoms with Crippen LogP contribution < -0.4 is 10.2 Å². The maximum absolute atomic E-state index is 12.5. The summed E-state index contributed by atoms with van der Waals surface area (Å²) >= 11 is 0. The van der Waals surface area contributed by atoms with Gasteiger partial charge in [-0.25, -0.2) is 4.98 Å². The summed E-state index contributed by atoms with van der Waals surface area (Å²) < 4.78 is 10.7. The number of pyridine rings is 2. The number of carbonyl (C=O) groups is 1. The first-order chi connectivity index (χ1) is 14.3. The van der Waals surface area contributed by atoms with Gasteiger partial charge >= 0.3 is 0 Å². The SMILES string of the molecule is O=C(NCCN1CCOCC1)c1ccnc(-c2ccc(N3CCOCC3)nc2)c1. The van der Waals surface area contributed by atoms with E-state index in [9.17, 15) is 4.79 Å². The molecule has 8 nitrogen and oxygen atoms in total. The fourth-order valence-electron chi connectivity index (χ4n) is 3.50. The van der Waals surface area contributed by atoms with Gasteiger partial charge in [0.2, 0.25) is 0 Å². The van der Waals surface area contributed by atoms with Crippen molar-refractivity contribution in [1.82, 2.24) is 20.2 Å². The molecule has 8 heteroatoms. The lowest BCUT2D eigenvalue weighted by atomic mass is 10.1. The van der Waals surface area contributed by atoms with Crippen LogP contribution in [-0.2, 0) is 9.47 Å². The lowest BCUT2D eigenvalue weighted by Crippen LogP contribution is -2.41. The van der Waals surface area contributed by atoms with Gasteiger partial charge in [-0.15, -0.1) is 0 Å². The summed E-state index contributed by atoms with van der Waals surface area (Å²) in [5.74, 6) is 0.855. The molecular formula is C21H27N5O3. The van der Waals surface area contributed by atoms with Crippen LogP contribution in [-0.4, -0.2) is 86.5 Å². The molecule has 0 aliphatic carbocycles. The largest absolute Gasteiger partial charge is 0.379 e. The van der Waals surface area contributed by atoms with E-state index in [1.165, 1.54) is 0 Å². The van der Waals surface area contributed by atoms with Gasteiger partial charge in [0, 0.05) is 62.8 Å². The Hall–Kier alpha value is -2.55. The molecule has 2 aromatic heterocycles. The van der Waals surface area contributed by atoms with Crippen LogP contribution in [0.2, 0.25) is 0 Å². The van der Waals surface area contributed by atoms with Crippen molar-refractivity contribution in [2.75, 3.05) is 70.6 Å². The molecule has 0 unspecified atom stereocenters. The molecule has 154 valence electrons. The van der Waals surface area contributed by atoms with E-state index in [0.717, 1.165) is 76.2 Å². The molecule has 29 heavy (non-hydrogen) atoms. The summed E-state index contributed by atoms with van der Waals surface area (Å²) in [6.07, 6.45) is 3.48. The minimum atomic E-state index is -0.0835. The Balaban J connectivity index is 1.35. The van der Waals surface area contributed by atoms with Gasteiger partial charge in [-0.3, -0.25) is 14.7 Å². The predicted octanol–water partition coefficient (Wildman–Crippen LogP) is 1.04. The number of aromatic nitrogens is 2. The van der Waals surface area contributed by atoms with Gasteiger partial charge in [0.15, 0.2) is 0 Å². The summed E-state index contributed by atoms with van der Waals surface area (Å²) in [6.45, 7) is 7.98. The Morgan fingerprint density at radius 3 is 2.48 bits per heavy atom. The summed E-state index contributed by atoms with van der Waals surface area (Å²) in [4.78, 5) is 26.0. The average molecular weight is 397 g/mol. The van der Waals surface area contributed by atoms with Crippen LogP contribution in [0.25, 0.3) is 11.3 Å². The number of ether oxygens (including phenoxy) is 2. The summed E-state index contributed by atoms with van der Waals surface area (Å²) in [7, 11) is 0. The number of amides is 1. The monoisotopic (exact) mass is 397 g/mol. The molecule has 2 aliphatic rings. The number of hydrogen-bond donors (Lipinski definition) is 1. The summed E-state index contributed by atoms with van der Waals surface area (Å²) in [5.41, 5.74) is 2.24. The van der Waals surface area contributed by atoms with Crippen molar-refractivity contribution in [3.8, 4) is 11.3 Å². The second kappa shape index (κ2) is 9.78. The van der Waals surface area contributed by atoms with E-state index >= 15 is 0 Å². The minimum absolute atomic E-state index is 0.0835. The first-order valence-electron chi connectivity index (χ1n) is 10.1. The number of hydrogen-bond acceptors (Lipinski definition) is 7. The number of nitrogens with one attached hydrogen (secondary N) is 1. The van der Waals surface area contributed by atoms with Crippen molar-refractivity contribution < 1.29 is 14.3 Å². The highest BCUT2D eigenvalue weighted by atomic mass is 16.5. The molecule has 4 heterocycles. The molecule has 2 aliphatic heterocycles. The zero-order valence-corrected chi connectivity index (χ0v) is 16.5. The van der Waals surface area contributed by atoms with Gasteiger partial charge in [-0.2, -0.15) is 0 Å². The van der Waals surface area contributed by atoms with Crippen LogP contribution in [0.5, 0.6) is 0 Å². The van der Waals surface area contributed by atoms with Crippen LogP contribution in [0.3, 0.4) is 0 Å². The van der Waals surface area contributed by atoms with Crippen LogP contribution in [0.15, 0.2) is 36.7 Å². The Kier molecular flexibility index (Phi) is 6.66. The molecule has 0 atom stereocenters. The zero-order chi connectivity index (χ0) is 19.9. The van der Waals surface area contributed by atoms with Crippen molar-refractivity contribution in [2.45, 2.75) is 0 Å². The standard InChI is InChI=1S/C21H27N5O3/c27-21(23-5-6-25-7-11-28-12-8-25)17-3-4-22-19(15-17)18-1-2-20(24-16-18)26-9-13-29-14-10-26/h1-4,15-16H,5-14H2,(H,23,27). The maximum atomic E-state index is 12.5. The van der Waals surface area contributed by atoms with Crippen molar-refractivity contribution in [3.05, 3.63) is 42.2 Å². The third-order valence-electron chi connectivity index (χ3n) is 5.22. The maximum Gasteiger partial charge on any atom is 0.251 e. The van der Waals surface area contributed by atoms with E-state index in [1.807, 2.05) is 24.4 Å². The zero-order valence-electron chi connectivity index (χ0n) is 16.5. The lowest BCUT2D eigenvalue weighted by molar-refractivity contribution is 0.0383. The van der Waals surface area contributed by atoms with Crippen LogP contribution in [0.4, 0.5) is 5.82 Å². The second-order valence-corrected chi connectivity index (χ2v) is 7.14. The Morgan fingerprint density at radius 2 is 1.76 bits per heavy atom. The van der Waals surface area contributed by atoms with E-state index in [0.29, 0.717) is 12.1 Å². The molecule has 2 saturated heterocycles. The summed E-state index contributed by atoms with van der Waals surface area (Å²) in [5, 5.41) is 2.99. The third kappa shape index (κ3) is 5.29. The number of morpholine rings is 2. The molecule has 0 aromatic carbocycles. The van der Waals surface area contributed by atoms with Crippen molar-refractivity contribution >= 4 is 11.7 Å². The Labute approximate surface area is 170 Å². The lowest BCUT2D eigenvalue weighted by Gasteiger charge is -2.27. The molecule has 1 N–H and O–H groups in total. The first-order valence-corrected chi connectivity index (χ1v) is 10.1. The van der Waals surface area contributed by atoms with E-state index in [2.05, 4.69) is 25.1 Å². The predicted molar refractivity (Wildman–Crippen MR) is 110 cm³/mol. The fourth-order valence-corrected chi connectivity index (χ4v) is 3.50. The normalized spacial score (nSPS) is 17.9. The van der Waals surface area contributed by atoms with Crippen molar-refractivity contribution in [2.24, 2.45) is 0 Å². The molecule has 0 bridgehead atoms. The highest BCUT2D eigenvalue weighted by Gasteiger charge is 2.14. The topological polar surface area (TPSA) is 79.8 Å². The summed E-state index contributed by atoms with van der Waals surface area (Å²) in [6, 6.07) is 7.55. The molecule has 0 saturated carbocycles. The average Bonchev–Trinajstić information content (AvgIpc) is 2.80. The van der Waals surface area contributed by atoms with E-state index in [1.54, 1.807) is 12.3 Å². The van der Waals surface area contributed by atoms with Gasteiger partial charge < -0.3 is 19.7 Å². The van der Waals surface area contributed by atoms with Crippen LogP contribution in [0, 0.1) is 0 Å². The number of carbonyl (C=O) groups excluding carboxylic acids is 1. The molecular weight excluding hydrogens is 370 g/mol. The quantitative estimate of drug-likeness (QED) is 0.780. The minimum Gasteiger partial charge on any atom is -0.379 e. The Morgan fingerprint density at radius 1 is 1.00 bits per heavy atom. The fraction of sp³-hybridized carbons (Fsp3) is 0.476. The number of anilines is 1. The van der Waals surface area contributed by atoms with Crippen LogP contribution in [0.1, 0.15) is 10.4 Å². The van der Waals surface area contributed by atoms with Crippen molar-refractivity contribution in [1.29, 1.82) is 0 Å². The van der Waals surface area contributed by atoms with Gasteiger partial charge in [-0.1, -0.05) is 0 Å². The number of nitrogens with zero attached hydrogens (tertiary/aromatic N) is 4. The van der Waals surface area contributed by atoms with E-state index < -0.39 is 0 Å². The molecule has 0 spiro atoms. The van der Waals surface area contributed by atoms with Crippen molar-refractivity contribution in [3.63, 3.8) is 0 Å². The van der Waals surface area contributed by atoms with E-state index in [-0.39, 0.29) is 5.91 Å². The number of rotatable bonds is 6. The van der Waals surface area contributed by atoms with Gasteiger partial charge in [-0.05, 0) is 24.3 Å².